The molecule has 2 rings (SSSR count). The van der Waals surface area contributed by atoms with Gasteiger partial charge in [0.1, 0.15) is 0 Å². The second kappa shape index (κ2) is 6.81. The number of carbonyl (C=O) groups excluding carboxylic acids is 1. The van der Waals surface area contributed by atoms with Gasteiger partial charge in [-0.1, -0.05) is 19.9 Å². The molecule has 20 heavy (non-hydrogen) atoms. The zero-order valence-electron chi connectivity index (χ0n) is 12.2. The molecular weight excluding hydrogens is 252 g/mol. The lowest BCUT2D eigenvalue weighted by Crippen LogP contribution is -2.58. The van der Waals surface area contributed by atoms with Gasteiger partial charge in [-0.2, -0.15) is 0 Å². The predicted molar refractivity (Wildman–Crippen MR) is 79.0 cm³/mol. The van der Waals surface area contributed by atoms with Crippen LogP contribution in [0.15, 0.2) is 24.4 Å². The van der Waals surface area contributed by atoms with Crippen LogP contribution in [0.5, 0.6) is 0 Å². The van der Waals surface area contributed by atoms with Crippen LogP contribution in [0.1, 0.15) is 38.4 Å². The monoisotopic (exact) mass is 276 g/mol. The Labute approximate surface area is 120 Å². The summed E-state index contributed by atoms with van der Waals surface area (Å²) < 4.78 is 0. The minimum absolute atomic E-state index is 0.00259. The van der Waals surface area contributed by atoms with Gasteiger partial charge in [0.2, 0.25) is 5.91 Å². The van der Waals surface area contributed by atoms with Crippen molar-refractivity contribution < 1.29 is 4.79 Å². The number of rotatable bonds is 5. The zero-order valence-corrected chi connectivity index (χ0v) is 12.2. The SMILES string of the molecule is CCC(N)C(c1ccccn1)N1CCNC(=O)C1CC. The van der Waals surface area contributed by atoms with Crippen molar-refractivity contribution in [3.8, 4) is 0 Å². The van der Waals surface area contributed by atoms with Crippen molar-refractivity contribution in [1.82, 2.24) is 15.2 Å². The van der Waals surface area contributed by atoms with E-state index in [2.05, 4.69) is 22.1 Å². The molecule has 3 atom stereocenters. The first-order valence-corrected chi connectivity index (χ1v) is 7.39. The van der Waals surface area contributed by atoms with E-state index in [9.17, 15) is 4.79 Å². The number of aromatic nitrogens is 1. The third-order valence-corrected chi connectivity index (χ3v) is 3.98. The standard InChI is InChI=1S/C15H24N4O/c1-3-11(16)14(12-7-5-6-8-17-12)19-10-9-18-15(20)13(19)4-2/h5-8,11,13-14H,3-4,9-10,16H2,1-2H3,(H,18,20). The number of hydrogen-bond donors (Lipinski definition) is 2. The topological polar surface area (TPSA) is 71.2 Å². The molecule has 110 valence electrons. The Bertz CT molecular complexity index is 437. The largest absolute Gasteiger partial charge is 0.353 e. The maximum Gasteiger partial charge on any atom is 0.237 e. The van der Waals surface area contributed by atoms with E-state index in [-0.39, 0.29) is 24.0 Å². The number of pyridine rings is 1. The van der Waals surface area contributed by atoms with Crippen LogP contribution in [0.2, 0.25) is 0 Å². The van der Waals surface area contributed by atoms with Crippen LogP contribution in [0, 0.1) is 0 Å². The molecule has 3 unspecified atom stereocenters. The molecule has 0 saturated carbocycles. The van der Waals surface area contributed by atoms with E-state index in [0.717, 1.165) is 25.1 Å². The van der Waals surface area contributed by atoms with E-state index in [1.165, 1.54) is 0 Å². The van der Waals surface area contributed by atoms with E-state index >= 15 is 0 Å². The molecule has 0 bridgehead atoms. The molecule has 1 fully saturated rings. The van der Waals surface area contributed by atoms with Crippen LogP contribution in [-0.2, 0) is 4.79 Å². The van der Waals surface area contributed by atoms with Gasteiger partial charge in [0.15, 0.2) is 0 Å². The van der Waals surface area contributed by atoms with Crippen molar-refractivity contribution >= 4 is 5.91 Å². The molecule has 1 aliphatic rings. The minimum atomic E-state index is -0.117. The third-order valence-electron chi connectivity index (χ3n) is 3.98. The van der Waals surface area contributed by atoms with Gasteiger partial charge < -0.3 is 11.1 Å². The Morgan fingerprint density at radius 3 is 2.90 bits per heavy atom. The normalized spacial score (nSPS) is 23.1. The molecule has 0 spiro atoms. The molecule has 3 N–H and O–H groups in total. The summed E-state index contributed by atoms with van der Waals surface area (Å²) in [7, 11) is 0. The van der Waals surface area contributed by atoms with E-state index in [1.807, 2.05) is 25.1 Å². The summed E-state index contributed by atoms with van der Waals surface area (Å²) in [4.78, 5) is 18.7. The molecule has 0 aliphatic carbocycles. The third kappa shape index (κ3) is 2.99. The smallest absolute Gasteiger partial charge is 0.237 e. The average molecular weight is 276 g/mol. The van der Waals surface area contributed by atoms with Gasteiger partial charge in [-0.25, -0.2) is 0 Å². The maximum absolute atomic E-state index is 12.1. The van der Waals surface area contributed by atoms with E-state index in [4.69, 9.17) is 5.73 Å². The average Bonchev–Trinajstić information content (AvgIpc) is 2.48. The lowest BCUT2D eigenvalue weighted by atomic mass is 9.96. The first-order valence-electron chi connectivity index (χ1n) is 7.39. The van der Waals surface area contributed by atoms with Gasteiger partial charge in [0.25, 0.3) is 0 Å². The Kier molecular flexibility index (Phi) is 5.09. The highest BCUT2D eigenvalue weighted by Crippen LogP contribution is 2.27. The summed E-state index contributed by atoms with van der Waals surface area (Å²) in [5.74, 6) is 0.1000. The summed E-state index contributed by atoms with van der Waals surface area (Å²) in [6.45, 7) is 5.61. The van der Waals surface area contributed by atoms with Gasteiger partial charge in [0.05, 0.1) is 17.8 Å². The number of nitrogens with one attached hydrogen (secondary N) is 1. The van der Waals surface area contributed by atoms with E-state index in [0.29, 0.717) is 6.54 Å². The number of amides is 1. The van der Waals surface area contributed by atoms with Gasteiger partial charge >= 0.3 is 0 Å². The molecule has 1 aromatic rings. The first-order chi connectivity index (χ1) is 9.69. The van der Waals surface area contributed by atoms with Crippen LogP contribution in [0.3, 0.4) is 0 Å². The summed E-state index contributed by atoms with van der Waals surface area (Å²) in [5.41, 5.74) is 7.28. The zero-order chi connectivity index (χ0) is 14.5. The number of nitrogens with zero attached hydrogens (tertiary/aromatic N) is 2. The second-order valence-corrected chi connectivity index (χ2v) is 5.22. The highest BCUT2D eigenvalue weighted by Gasteiger charge is 2.36. The van der Waals surface area contributed by atoms with Crippen molar-refractivity contribution in [2.24, 2.45) is 5.73 Å². The number of carbonyl (C=O) groups is 1. The summed E-state index contributed by atoms with van der Waals surface area (Å²) in [6, 6.07) is 5.73. The Morgan fingerprint density at radius 1 is 1.50 bits per heavy atom. The fraction of sp³-hybridized carbons (Fsp3) is 0.600. The summed E-state index contributed by atoms with van der Waals surface area (Å²) in [5, 5.41) is 2.93. The van der Waals surface area contributed by atoms with Crippen LogP contribution in [0.25, 0.3) is 0 Å². The molecule has 0 radical (unpaired) electrons. The van der Waals surface area contributed by atoms with E-state index in [1.54, 1.807) is 6.20 Å². The van der Waals surface area contributed by atoms with E-state index < -0.39 is 0 Å². The fourth-order valence-electron chi connectivity index (χ4n) is 2.89. The first kappa shape index (κ1) is 14.9. The van der Waals surface area contributed by atoms with Gasteiger partial charge in [-0.15, -0.1) is 0 Å². The molecule has 0 aromatic carbocycles. The van der Waals surface area contributed by atoms with Crippen molar-refractivity contribution in [2.45, 2.75) is 44.8 Å². The molecule has 5 nitrogen and oxygen atoms in total. The van der Waals surface area contributed by atoms with Crippen LogP contribution < -0.4 is 11.1 Å². The minimum Gasteiger partial charge on any atom is -0.353 e. The number of hydrogen-bond acceptors (Lipinski definition) is 4. The summed E-state index contributed by atoms with van der Waals surface area (Å²) >= 11 is 0. The molecule has 1 amide bonds. The van der Waals surface area contributed by atoms with Crippen molar-refractivity contribution in [1.29, 1.82) is 0 Å². The number of nitrogens with two attached hydrogens (primary N) is 1. The molecular formula is C15H24N4O. The molecule has 1 aliphatic heterocycles. The molecule has 2 heterocycles. The quantitative estimate of drug-likeness (QED) is 0.844. The van der Waals surface area contributed by atoms with Crippen LogP contribution >= 0.6 is 0 Å². The number of piperazine rings is 1. The molecule has 1 aromatic heterocycles. The lowest BCUT2D eigenvalue weighted by molar-refractivity contribution is -0.130. The van der Waals surface area contributed by atoms with Crippen molar-refractivity contribution in [3.63, 3.8) is 0 Å². The highest BCUT2D eigenvalue weighted by atomic mass is 16.2. The summed E-state index contributed by atoms with van der Waals surface area (Å²) in [6.07, 6.45) is 3.43. The fourth-order valence-corrected chi connectivity index (χ4v) is 2.89. The second-order valence-electron chi connectivity index (χ2n) is 5.22. The van der Waals surface area contributed by atoms with Crippen molar-refractivity contribution in [2.75, 3.05) is 13.1 Å². The predicted octanol–water partition coefficient (Wildman–Crippen LogP) is 1.07. The molecule has 5 heteroatoms. The van der Waals surface area contributed by atoms with Gasteiger partial charge in [-0.05, 0) is 25.0 Å². The Morgan fingerprint density at radius 2 is 2.30 bits per heavy atom. The highest BCUT2D eigenvalue weighted by molar-refractivity contribution is 5.82. The van der Waals surface area contributed by atoms with Crippen LogP contribution in [-0.4, -0.2) is 41.0 Å². The van der Waals surface area contributed by atoms with Gasteiger partial charge in [-0.3, -0.25) is 14.7 Å². The van der Waals surface area contributed by atoms with Gasteiger partial charge in [0, 0.05) is 25.3 Å². The van der Waals surface area contributed by atoms with Crippen molar-refractivity contribution in [3.05, 3.63) is 30.1 Å². The Hall–Kier alpha value is -1.46. The lowest BCUT2D eigenvalue weighted by Gasteiger charge is -2.42. The maximum atomic E-state index is 12.1. The Balaban J connectivity index is 2.33. The van der Waals surface area contributed by atoms with Crippen LogP contribution in [0.4, 0.5) is 0 Å². The molecule has 1 saturated heterocycles.